The molecule has 2 N–H and O–H groups in total. The van der Waals surface area contributed by atoms with E-state index in [1.165, 1.54) is 0 Å². The van der Waals surface area contributed by atoms with Crippen molar-refractivity contribution in [3.8, 4) is 0 Å². The van der Waals surface area contributed by atoms with Gasteiger partial charge >= 0.3 is 21.0 Å². The summed E-state index contributed by atoms with van der Waals surface area (Å²) in [5.41, 5.74) is 0. The van der Waals surface area contributed by atoms with Crippen LogP contribution < -0.4 is 0 Å². The summed E-state index contributed by atoms with van der Waals surface area (Å²) in [5, 5.41) is 14.0. The molecule has 0 fully saturated rings. The van der Waals surface area contributed by atoms with E-state index in [9.17, 15) is 0 Å². The normalized spacial score (nSPS) is 2.50. The monoisotopic (exact) mass is 131 g/mol. The van der Waals surface area contributed by atoms with Crippen LogP contribution in [0.2, 0.25) is 0 Å². The first kappa shape index (κ1) is 16.2. The SMILES string of the molecule is CO.CO.[O]=[V]. The summed E-state index contributed by atoms with van der Waals surface area (Å²) in [6, 6.07) is 0. The molecule has 6 heavy (non-hydrogen) atoms. The van der Waals surface area contributed by atoms with Crippen LogP contribution >= 0.6 is 0 Å². The molecule has 0 atom stereocenters. The molecule has 0 spiro atoms. The zero-order valence-electron chi connectivity index (χ0n) is 3.75. The molecular weight excluding hydrogens is 123 g/mol. The Balaban J connectivity index is -0.0000000225. The maximum absolute atomic E-state index is 8.19. The first-order valence-electron chi connectivity index (χ1n) is 1.08. The Bertz CT molecular complexity index is 8.75. The van der Waals surface area contributed by atoms with Gasteiger partial charge in [0, 0.05) is 14.2 Å². The van der Waals surface area contributed by atoms with Crippen LogP contribution in [0.15, 0.2) is 0 Å². The second-order valence-electron chi connectivity index (χ2n) is 0. The van der Waals surface area contributed by atoms with Gasteiger partial charge in [-0.2, -0.15) is 0 Å². The number of rotatable bonds is 0. The number of aliphatic hydroxyl groups is 2. The van der Waals surface area contributed by atoms with Gasteiger partial charge in [-0.05, 0) is 0 Å². The summed E-state index contributed by atoms with van der Waals surface area (Å²) >= 11 is 1.06. The minimum atomic E-state index is 1.00. The average molecular weight is 131 g/mol. The molecule has 3 nitrogen and oxygen atoms in total. The van der Waals surface area contributed by atoms with E-state index in [1.54, 1.807) is 0 Å². The first-order valence-corrected chi connectivity index (χ1v) is 1.65. The zero-order valence-corrected chi connectivity index (χ0v) is 5.15. The Labute approximate surface area is 46.2 Å². The summed E-state index contributed by atoms with van der Waals surface area (Å²) in [6.45, 7) is 0. The topological polar surface area (TPSA) is 57.5 Å². The molecule has 0 aliphatic heterocycles. The molecule has 0 saturated carbocycles. The van der Waals surface area contributed by atoms with Crippen LogP contribution in [-0.4, -0.2) is 24.4 Å². The van der Waals surface area contributed by atoms with Crippen molar-refractivity contribution in [3.05, 3.63) is 0 Å². The molecule has 0 unspecified atom stereocenters. The molecule has 4 heteroatoms. The Hall–Kier alpha value is 0.304. The molecule has 0 aliphatic carbocycles. The molecule has 0 aromatic heterocycles. The summed E-state index contributed by atoms with van der Waals surface area (Å²) in [7, 11) is 2.00. The zero-order chi connectivity index (χ0) is 6.00. The summed E-state index contributed by atoms with van der Waals surface area (Å²) in [4.78, 5) is 0. The van der Waals surface area contributed by atoms with Gasteiger partial charge in [0.05, 0.1) is 0 Å². The number of hydrogen-bond donors (Lipinski definition) is 2. The fraction of sp³-hybridized carbons (Fsp3) is 1.00. The fourth-order valence-electron chi connectivity index (χ4n) is 0. The molecule has 0 rings (SSSR count). The van der Waals surface area contributed by atoms with Gasteiger partial charge in [-0.1, -0.05) is 0 Å². The van der Waals surface area contributed by atoms with Gasteiger partial charge in [0.15, 0.2) is 0 Å². The summed E-state index contributed by atoms with van der Waals surface area (Å²) < 4.78 is 8.19. The van der Waals surface area contributed by atoms with Crippen LogP contribution in [0.4, 0.5) is 0 Å². The van der Waals surface area contributed by atoms with Crippen LogP contribution in [0, 0.1) is 0 Å². The Kier molecular flexibility index (Phi) is 2870. The van der Waals surface area contributed by atoms with Gasteiger partial charge < -0.3 is 10.2 Å². The van der Waals surface area contributed by atoms with Crippen molar-refractivity contribution >= 4 is 0 Å². The molecule has 0 aliphatic rings. The number of hydrogen-bond acceptors (Lipinski definition) is 3. The van der Waals surface area contributed by atoms with Crippen molar-refractivity contribution in [1.29, 1.82) is 0 Å². The average Bonchev–Trinajstić information content (AvgIpc) is 1.81. The van der Waals surface area contributed by atoms with E-state index in [1.807, 2.05) is 0 Å². The molecule has 0 radical (unpaired) electrons. The fourth-order valence-corrected chi connectivity index (χ4v) is 0. The minimum absolute atomic E-state index is 1.00. The molecule has 0 aromatic rings. The van der Waals surface area contributed by atoms with E-state index in [4.69, 9.17) is 13.9 Å². The van der Waals surface area contributed by atoms with E-state index < -0.39 is 0 Å². The van der Waals surface area contributed by atoms with Crippen molar-refractivity contribution in [2.75, 3.05) is 14.2 Å². The van der Waals surface area contributed by atoms with Gasteiger partial charge in [0.1, 0.15) is 0 Å². The molecule has 39 valence electrons. The van der Waals surface area contributed by atoms with Crippen LogP contribution in [0.1, 0.15) is 0 Å². The second kappa shape index (κ2) is 1060. The van der Waals surface area contributed by atoms with Crippen LogP contribution in [0.3, 0.4) is 0 Å². The van der Waals surface area contributed by atoms with Gasteiger partial charge in [-0.25, -0.2) is 0 Å². The number of aliphatic hydroxyl groups excluding tert-OH is 2. The Morgan fingerprint density at radius 1 is 1.00 bits per heavy atom. The first-order chi connectivity index (χ1) is 3.00. The van der Waals surface area contributed by atoms with Gasteiger partial charge in [0.25, 0.3) is 0 Å². The van der Waals surface area contributed by atoms with Crippen LogP contribution in [0.5, 0.6) is 0 Å². The van der Waals surface area contributed by atoms with Crippen molar-refractivity contribution < 1.29 is 31.3 Å². The predicted octanol–water partition coefficient (Wildman–Crippen LogP) is -0.904. The predicted molar refractivity (Wildman–Crippen MR) is 17.0 cm³/mol. The molecule has 0 bridgehead atoms. The van der Waals surface area contributed by atoms with E-state index in [0.29, 0.717) is 0 Å². The second-order valence-corrected chi connectivity index (χ2v) is 0. The third kappa shape index (κ3) is 507. The van der Waals surface area contributed by atoms with E-state index in [2.05, 4.69) is 0 Å². The van der Waals surface area contributed by atoms with Crippen LogP contribution in [0.25, 0.3) is 0 Å². The van der Waals surface area contributed by atoms with Crippen molar-refractivity contribution in [3.63, 3.8) is 0 Å². The Morgan fingerprint density at radius 2 is 1.00 bits per heavy atom. The van der Waals surface area contributed by atoms with Gasteiger partial charge in [-0.3, -0.25) is 0 Å². The van der Waals surface area contributed by atoms with E-state index in [0.717, 1.165) is 31.6 Å². The third-order valence-electron chi connectivity index (χ3n) is 0. The third-order valence-corrected chi connectivity index (χ3v) is 0. The Morgan fingerprint density at radius 3 is 1.00 bits per heavy atom. The van der Waals surface area contributed by atoms with Crippen LogP contribution in [-0.2, 0) is 21.0 Å². The van der Waals surface area contributed by atoms with Crippen molar-refractivity contribution in [2.45, 2.75) is 0 Å². The summed E-state index contributed by atoms with van der Waals surface area (Å²) in [5.74, 6) is 0. The molecule has 0 aromatic carbocycles. The van der Waals surface area contributed by atoms with Gasteiger partial charge in [0.2, 0.25) is 0 Å². The standard InChI is InChI=1S/2CH4O.O.V/c2*1-2;;/h2*2H,1H3;;. The molecule has 0 heterocycles. The molecular formula is C2H8O3V. The van der Waals surface area contributed by atoms with Gasteiger partial charge in [-0.15, -0.1) is 0 Å². The summed E-state index contributed by atoms with van der Waals surface area (Å²) in [6.07, 6.45) is 0. The van der Waals surface area contributed by atoms with E-state index >= 15 is 0 Å². The van der Waals surface area contributed by atoms with E-state index in [-0.39, 0.29) is 0 Å². The molecule has 0 saturated heterocycles. The quantitative estimate of drug-likeness (QED) is 0.447. The maximum atomic E-state index is 8.19. The molecule has 0 amide bonds. The van der Waals surface area contributed by atoms with Crippen molar-refractivity contribution in [2.24, 2.45) is 0 Å². The van der Waals surface area contributed by atoms with Crippen molar-refractivity contribution in [1.82, 2.24) is 0 Å².